The van der Waals surface area contributed by atoms with Crippen molar-refractivity contribution in [3.8, 4) is 0 Å². The Labute approximate surface area is 126 Å². The number of nitrogen functional groups attached to an aromatic ring is 1. The van der Waals surface area contributed by atoms with Gasteiger partial charge in [0.1, 0.15) is 0 Å². The van der Waals surface area contributed by atoms with Gasteiger partial charge in [-0.15, -0.1) is 23.7 Å². The van der Waals surface area contributed by atoms with Gasteiger partial charge in [0.05, 0.1) is 0 Å². The number of thiophene rings is 1. The number of nitrogens with one attached hydrogen (secondary N) is 2. The summed E-state index contributed by atoms with van der Waals surface area (Å²) in [6.45, 7) is 4.01. The first-order valence-corrected chi connectivity index (χ1v) is 6.60. The van der Waals surface area contributed by atoms with Crippen molar-refractivity contribution in [2.24, 2.45) is 0 Å². The normalized spacial score (nSPS) is 10.1. The summed E-state index contributed by atoms with van der Waals surface area (Å²) in [6, 6.07) is 4.18. The van der Waals surface area contributed by atoms with Crippen molar-refractivity contribution >= 4 is 35.5 Å². The first kappa shape index (κ1) is 16.4. The largest absolute Gasteiger partial charge is 0.379 e. The molecule has 20 heavy (non-hydrogen) atoms. The van der Waals surface area contributed by atoms with Crippen LogP contribution in [0.4, 0.5) is 5.82 Å². The van der Waals surface area contributed by atoms with Gasteiger partial charge >= 0.3 is 0 Å². The minimum absolute atomic E-state index is 0. The summed E-state index contributed by atoms with van der Waals surface area (Å²) in [5, 5.41) is 12.7. The Balaban J connectivity index is 0.00000200. The molecule has 0 radical (unpaired) electrons. The summed E-state index contributed by atoms with van der Waals surface area (Å²) < 4.78 is 4.35. The molecule has 0 bridgehead atoms. The van der Waals surface area contributed by atoms with Gasteiger partial charge in [0.25, 0.3) is 5.91 Å². The zero-order valence-corrected chi connectivity index (χ0v) is 12.5. The maximum atomic E-state index is 11.6. The molecule has 0 aliphatic rings. The fourth-order valence-electron chi connectivity index (χ4n) is 1.49. The first-order chi connectivity index (χ1) is 9.16. The van der Waals surface area contributed by atoms with Crippen molar-refractivity contribution in [3.05, 3.63) is 27.6 Å². The van der Waals surface area contributed by atoms with Crippen LogP contribution in [0.2, 0.25) is 0 Å². The molecule has 1 amide bonds. The number of carbonyl (C=O) groups excluding carboxylic acids is 1. The Kier molecular flexibility index (Phi) is 6.43. The van der Waals surface area contributed by atoms with E-state index in [1.54, 1.807) is 11.3 Å². The molecule has 0 aliphatic heterocycles. The Hall–Kier alpha value is -1.64. The lowest BCUT2D eigenvalue weighted by Crippen LogP contribution is -2.32. The SMILES string of the molecule is Cc1ccc(CNCCNC(=O)c2nonc2N)s1.Cl. The predicted octanol–water partition coefficient (Wildman–Crippen LogP) is 0.963. The molecule has 0 unspecified atom stereocenters. The fourth-order valence-corrected chi connectivity index (χ4v) is 2.35. The molecule has 0 aromatic carbocycles. The van der Waals surface area contributed by atoms with Crippen LogP contribution in [0.3, 0.4) is 0 Å². The van der Waals surface area contributed by atoms with Crippen LogP contribution in [0.25, 0.3) is 0 Å². The molecule has 0 atom stereocenters. The third kappa shape index (κ3) is 4.48. The van der Waals surface area contributed by atoms with Crippen molar-refractivity contribution in [2.45, 2.75) is 13.5 Å². The van der Waals surface area contributed by atoms with Crippen molar-refractivity contribution in [1.29, 1.82) is 0 Å². The van der Waals surface area contributed by atoms with Gasteiger partial charge in [0, 0.05) is 29.4 Å². The van der Waals surface area contributed by atoms with E-state index in [-0.39, 0.29) is 29.8 Å². The molecule has 0 spiro atoms. The van der Waals surface area contributed by atoms with Gasteiger partial charge < -0.3 is 16.4 Å². The lowest BCUT2D eigenvalue weighted by Gasteiger charge is -2.04. The van der Waals surface area contributed by atoms with E-state index < -0.39 is 0 Å². The monoisotopic (exact) mass is 317 g/mol. The standard InChI is InChI=1S/C11H15N5O2S.ClH/c1-7-2-3-8(19-7)6-13-4-5-14-11(17)9-10(12)16-18-15-9;/h2-3,13H,4-6H2,1H3,(H2,12,16)(H,14,17);1H. The Morgan fingerprint density at radius 2 is 2.20 bits per heavy atom. The Morgan fingerprint density at radius 3 is 2.80 bits per heavy atom. The number of nitrogens with two attached hydrogens (primary N) is 1. The minimum Gasteiger partial charge on any atom is -0.379 e. The fraction of sp³-hybridized carbons (Fsp3) is 0.364. The van der Waals surface area contributed by atoms with E-state index in [2.05, 4.69) is 44.6 Å². The number of aryl methyl sites for hydroxylation is 1. The summed E-state index contributed by atoms with van der Waals surface area (Å²) >= 11 is 1.76. The molecule has 7 nitrogen and oxygen atoms in total. The van der Waals surface area contributed by atoms with Crippen LogP contribution in [0, 0.1) is 6.92 Å². The van der Waals surface area contributed by atoms with Crippen LogP contribution < -0.4 is 16.4 Å². The van der Waals surface area contributed by atoms with Crippen LogP contribution >= 0.6 is 23.7 Å². The van der Waals surface area contributed by atoms with E-state index in [9.17, 15) is 4.79 Å². The number of rotatable bonds is 6. The van der Waals surface area contributed by atoms with Crippen molar-refractivity contribution in [3.63, 3.8) is 0 Å². The van der Waals surface area contributed by atoms with Gasteiger partial charge in [0.2, 0.25) is 11.5 Å². The van der Waals surface area contributed by atoms with E-state index in [0.29, 0.717) is 13.1 Å². The molecule has 110 valence electrons. The molecule has 4 N–H and O–H groups in total. The topological polar surface area (TPSA) is 106 Å². The average Bonchev–Trinajstić information content (AvgIpc) is 2.97. The van der Waals surface area contributed by atoms with Gasteiger partial charge in [0.15, 0.2) is 0 Å². The summed E-state index contributed by atoms with van der Waals surface area (Å²) in [5.41, 5.74) is 5.43. The molecular formula is C11H16ClN5O2S. The van der Waals surface area contributed by atoms with Crippen LogP contribution in [-0.2, 0) is 6.54 Å². The van der Waals surface area contributed by atoms with Gasteiger partial charge in [-0.05, 0) is 29.4 Å². The van der Waals surface area contributed by atoms with E-state index >= 15 is 0 Å². The molecular weight excluding hydrogens is 302 g/mol. The first-order valence-electron chi connectivity index (χ1n) is 5.79. The van der Waals surface area contributed by atoms with Gasteiger partial charge in [-0.3, -0.25) is 4.79 Å². The predicted molar refractivity (Wildman–Crippen MR) is 79.1 cm³/mol. The summed E-state index contributed by atoms with van der Waals surface area (Å²) in [4.78, 5) is 14.1. The maximum absolute atomic E-state index is 11.6. The second kappa shape index (κ2) is 7.83. The van der Waals surface area contributed by atoms with Crippen molar-refractivity contribution in [2.75, 3.05) is 18.8 Å². The number of amides is 1. The molecule has 0 aliphatic carbocycles. The van der Waals surface area contributed by atoms with Crippen molar-refractivity contribution < 1.29 is 9.42 Å². The zero-order chi connectivity index (χ0) is 13.7. The highest BCUT2D eigenvalue weighted by Gasteiger charge is 2.14. The molecule has 2 aromatic heterocycles. The smallest absolute Gasteiger partial charge is 0.277 e. The van der Waals surface area contributed by atoms with Crippen LogP contribution in [0.15, 0.2) is 16.8 Å². The van der Waals surface area contributed by atoms with Crippen molar-refractivity contribution in [1.82, 2.24) is 20.9 Å². The molecule has 2 rings (SSSR count). The van der Waals surface area contributed by atoms with E-state index in [1.807, 2.05) is 0 Å². The number of hydrogen-bond acceptors (Lipinski definition) is 7. The second-order valence-electron chi connectivity index (χ2n) is 3.94. The number of carbonyl (C=O) groups is 1. The minimum atomic E-state index is -0.382. The lowest BCUT2D eigenvalue weighted by atomic mass is 10.4. The Morgan fingerprint density at radius 1 is 1.40 bits per heavy atom. The third-order valence-corrected chi connectivity index (χ3v) is 3.41. The van der Waals surface area contributed by atoms with E-state index in [1.165, 1.54) is 9.75 Å². The van der Waals surface area contributed by atoms with Crippen LogP contribution in [0.5, 0.6) is 0 Å². The van der Waals surface area contributed by atoms with Gasteiger partial charge in [-0.1, -0.05) is 0 Å². The van der Waals surface area contributed by atoms with Gasteiger partial charge in [-0.2, -0.15) is 0 Å². The highest BCUT2D eigenvalue weighted by molar-refractivity contribution is 7.11. The van der Waals surface area contributed by atoms with E-state index in [0.717, 1.165) is 6.54 Å². The van der Waals surface area contributed by atoms with E-state index in [4.69, 9.17) is 5.73 Å². The Bertz CT molecular complexity index is 557. The number of halogens is 1. The maximum Gasteiger partial charge on any atom is 0.277 e. The summed E-state index contributed by atoms with van der Waals surface area (Å²) in [5.74, 6) is -0.382. The highest BCUT2D eigenvalue weighted by atomic mass is 35.5. The second-order valence-corrected chi connectivity index (χ2v) is 5.32. The highest BCUT2D eigenvalue weighted by Crippen LogP contribution is 2.14. The summed E-state index contributed by atoms with van der Waals surface area (Å²) in [6.07, 6.45) is 0. The molecule has 0 saturated heterocycles. The molecule has 2 aromatic rings. The molecule has 0 fully saturated rings. The number of nitrogens with zero attached hydrogens (tertiary/aromatic N) is 2. The lowest BCUT2D eigenvalue weighted by molar-refractivity contribution is 0.0944. The number of aromatic nitrogens is 2. The van der Waals surface area contributed by atoms with Crippen LogP contribution in [0.1, 0.15) is 20.2 Å². The third-order valence-electron chi connectivity index (χ3n) is 2.41. The summed E-state index contributed by atoms with van der Waals surface area (Å²) in [7, 11) is 0. The average molecular weight is 318 g/mol. The van der Waals surface area contributed by atoms with Gasteiger partial charge in [-0.25, -0.2) is 4.63 Å². The quantitative estimate of drug-likeness (QED) is 0.685. The molecule has 9 heteroatoms. The number of anilines is 1. The zero-order valence-electron chi connectivity index (χ0n) is 10.9. The molecule has 0 saturated carbocycles. The number of hydrogen-bond donors (Lipinski definition) is 3. The van der Waals surface area contributed by atoms with Crippen LogP contribution in [-0.4, -0.2) is 29.3 Å². The molecule has 2 heterocycles.